The predicted octanol–water partition coefficient (Wildman–Crippen LogP) is 4.80. The molecular weight excluding hydrogens is 374 g/mol. The zero-order chi connectivity index (χ0) is 20.8. The smallest absolute Gasteiger partial charge is 0.276 e. The number of carbonyl (C=O) groups is 1. The van der Waals surface area contributed by atoms with E-state index in [0.717, 1.165) is 12.1 Å². The van der Waals surface area contributed by atoms with Crippen molar-refractivity contribution in [3.8, 4) is 11.1 Å². The van der Waals surface area contributed by atoms with E-state index in [2.05, 4.69) is 28.6 Å². The molecule has 0 fully saturated rings. The summed E-state index contributed by atoms with van der Waals surface area (Å²) < 4.78 is 1.37. The summed E-state index contributed by atoms with van der Waals surface area (Å²) in [6.45, 7) is 3.76. The maximum absolute atomic E-state index is 13.1. The summed E-state index contributed by atoms with van der Waals surface area (Å²) in [4.78, 5) is 25.9. The molecular formula is C25H21N3O2. The summed E-state index contributed by atoms with van der Waals surface area (Å²) in [6, 6.07) is 21.3. The van der Waals surface area contributed by atoms with E-state index in [4.69, 9.17) is 0 Å². The molecule has 0 radical (unpaired) electrons. The van der Waals surface area contributed by atoms with Crippen LogP contribution in [0.3, 0.4) is 0 Å². The number of fused-ring (bicyclic) bond motifs is 4. The van der Waals surface area contributed by atoms with Gasteiger partial charge in [-0.1, -0.05) is 48.5 Å². The van der Waals surface area contributed by atoms with Crippen LogP contribution < -0.4 is 10.9 Å². The Morgan fingerprint density at radius 1 is 0.933 bits per heavy atom. The Kier molecular flexibility index (Phi) is 4.24. The highest BCUT2D eigenvalue weighted by Crippen LogP contribution is 2.37. The summed E-state index contributed by atoms with van der Waals surface area (Å²) in [5.74, 6) is -0.323. The van der Waals surface area contributed by atoms with Gasteiger partial charge in [-0.3, -0.25) is 9.59 Å². The largest absolute Gasteiger partial charge is 0.321 e. The Labute approximate surface area is 174 Å². The Hall–Kier alpha value is -3.73. The summed E-state index contributed by atoms with van der Waals surface area (Å²) >= 11 is 0. The molecule has 1 aromatic heterocycles. The lowest BCUT2D eigenvalue weighted by atomic mass is 10.1. The number of hydrogen-bond donors (Lipinski definition) is 1. The van der Waals surface area contributed by atoms with Crippen LogP contribution in [0.2, 0.25) is 0 Å². The molecule has 1 aliphatic rings. The van der Waals surface area contributed by atoms with Gasteiger partial charge in [0.25, 0.3) is 11.5 Å². The highest BCUT2D eigenvalue weighted by molar-refractivity contribution is 6.11. The molecule has 0 atom stereocenters. The molecule has 5 rings (SSSR count). The lowest BCUT2D eigenvalue weighted by molar-refractivity contribution is 0.102. The summed E-state index contributed by atoms with van der Waals surface area (Å²) in [5.41, 5.74) is 5.74. The summed E-state index contributed by atoms with van der Waals surface area (Å²) in [6.07, 6.45) is 0.856. The van der Waals surface area contributed by atoms with Crippen molar-refractivity contribution in [2.45, 2.75) is 26.3 Å². The van der Waals surface area contributed by atoms with Crippen molar-refractivity contribution in [2.75, 3.05) is 5.32 Å². The first kappa shape index (κ1) is 18.3. The second-order valence-corrected chi connectivity index (χ2v) is 7.90. The van der Waals surface area contributed by atoms with Crippen LogP contribution in [0.4, 0.5) is 5.69 Å². The summed E-state index contributed by atoms with van der Waals surface area (Å²) in [7, 11) is 0. The number of benzene rings is 3. The van der Waals surface area contributed by atoms with E-state index < -0.39 is 0 Å². The fourth-order valence-electron chi connectivity index (χ4n) is 4.14. The van der Waals surface area contributed by atoms with Crippen molar-refractivity contribution in [2.24, 2.45) is 0 Å². The molecule has 0 spiro atoms. The van der Waals surface area contributed by atoms with Crippen LogP contribution in [0.1, 0.15) is 41.5 Å². The maximum atomic E-state index is 13.1. The van der Waals surface area contributed by atoms with Gasteiger partial charge in [0.1, 0.15) is 0 Å². The molecule has 5 heteroatoms. The Bertz CT molecular complexity index is 1370. The second-order valence-electron chi connectivity index (χ2n) is 7.90. The van der Waals surface area contributed by atoms with Gasteiger partial charge in [0.05, 0.1) is 11.4 Å². The van der Waals surface area contributed by atoms with E-state index in [1.165, 1.54) is 26.9 Å². The van der Waals surface area contributed by atoms with E-state index in [9.17, 15) is 9.59 Å². The van der Waals surface area contributed by atoms with Crippen molar-refractivity contribution in [1.82, 2.24) is 9.78 Å². The van der Waals surface area contributed by atoms with Gasteiger partial charge >= 0.3 is 0 Å². The van der Waals surface area contributed by atoms with Gasteiger partial charge in [-0.05, 0) is 60.7 Å². The number of amides is 1. The van der Waals surface area contributed by atoms with Gasteiger partial charge in [0.2, 0.25) is 0 Å². The van der Waals surface area contributed by atoms with Crippen molar-refractivity contribution in [3.63, 3.8) is 0 Å². The summed E-state index contributed by atoms with van der Waals surface area (Å²) in [5, 5.41) is 8.43. The van der Waals surface area contributed by atoms with Crippen LogP contribution in [0, 0.1) is 0 Å². The van der Waals surface area contributed by atoms with Gasteiger partial charge in [-0.2, -0.15) is 5.10 Å². The molecule has 0 saturated heterocycles. The topological polar surface area (TPSA) is 64.0 Å². The lowest BCUT2D eigenvalue weighted by Crippen LogP contribution is -2.28. The molecule has 3 aromatic carbocycles. The van der Waals surface area contributed by atoms with E-state index in [-0.39, 0.29) is 23.2 Å². The van der Waals surface area contributed by atoms with Crippen LogP contribution in [0.5, 0.6) is 0 Å². The number of aromatic nitrogens is 2. The normalized spacial score (nSPS) is 12.1. The first-order chi connectivity index (χ1) is 14.5. The van der Waals surface area contributed by atoms with Gasteiger partial charge in [-0.25, -0.2) is 4.68 Å². The van der Waals surface area contributed by atoms with Crippen molar-refractivity contribution in [1.29, 1.82) is 0 Å². The molecule has 0 unspecified atom stereocenters. The third-order valence-corrected chi connectivity index (χ3v) is 5.58. The Morgan fingerprint density at radius 2 is 1.63 bits per heavy atom. The number of nitrogens with zero attached hydrogens (tertiary/aromatic N) is 2. The quantitative estimate of drug-likeness (QED) is 0.477. The molecule has 1 heterocycles. The predicted molar refractivity (Wildman–Crippen MR) is 119 cm³/mol. The highest BCUT2D eigenvalue weighted by Gasteiger charge is 2.20. The van der Waals surface area contributed by atoms with Gasteiger partial charge in [0, 0.05) is 11.1 Å². The minimum atomic E-state index is -0.323. The van der Waals surface area contributed by atoms with Crippen LogP contribution in [-0.4, -0.2) is 15.7 Å². The van der Waals surface area contributed by atoms with Crippen LogP contribution in [-0.2, 0) is 6.42 Å². The first-order valence-electron chi connectivity index (χ1n) is 10.1. The third-order valence-electron chi connectivity index (χ3n) is 5.58. The molecule has 0 aliphatic heterocycles. The van der Waals surface area contributed by atoms with Crippen molar-refractivity contribution < 1.29 is 4.79 Å². The molecule has 0 bridgehead atoms. The molecule has 4 aromatic rings. The fourth-order valence-corrected chi connectivity index (χ4v) is 4.14. The Balaban J connectivity index is 1.53. The second kappa shape index (κ2) is 6.95. The number of carbonyl (C=O) groups excluding carboxylic acids is 1. The fraction of sp³-hybridized carbons (Fsp3) is 0.160. The average molecular weight is 395 g/mol. The first-order valence-corrected chi connectivity index (χ1v) is 10.1. The molecule has 1 aliphatic carbocycles. The Morgan fingerprint density at radius 3 is 2.43 bits per heavy atom. The van der Waals surface area contributed by atoms with E-state index >= 15 is 0 Å². The third kappa shape index (κ3) is 2.90. The minimum Gasteiger partial charge on any atom is -0.321 e. The number of rotatable bonds is 3. The standard InChI is InChI=1S/C25H21N3O2/c1-15(2)28-25(30)22-10-6-5-9-21(22)23(27-28)24(29)26-18-11-12-20-17(14-18)13-16-7-3-4-8-19(16)20/h3-12,14-15H,13H2,1-2H3,(H,26,29). The number of nitrogens with one attached hydrogen (secondary N) is 1. The molecule has 1 N–H and O–H groups in total. The molecule has 30 heavy (non-hydrogen) atoms. The van der Waals surface area contributed by atoms with Crippen molar-refractivity contribution in [3.05, 3.63) is 93.9 Å². The van der Waals surface area contributed by atoms with Crippen LogP contribution in [0.15, 0.2) is 71.5 Å². The van der Waals surface area contributed by atoms with Crippen molar-refractivity contribution >= 4 is 22.4 Å². The number of anilines is 1. The minimum absolute atomic E-state index is 0.146. The van der Waals surface area contributed by atoms with Crippen LogP contribution in [0.25, 0.3) is 21.9 Å². The van der Waals surface area contributed by atoms with Gasteiger partial charge in [0.15, 0.2) is 5.69 Å². The molecule has 5 nitrogen and oxygen atoms in total. The van der Waals surface area contributed by atoms with Gasteiger partial charge in [-0.15, -0.1) is 0 Å². The monoisotopic (exact) mass is 395 g/mol. The molecule has 0 saturated carbocycles. The highest BCUT2D eigenvalue weighted by atomic mass is 16.2. The number of hydrogen-bond acceptors (Lipinski definition) is 3. The van der Waals surface area contributed by atoms with E-state index in [1.807, 2.05) is 44.2 Å². The maximum Gasteiger partial charge on any atom is 0.276 e. The van der Waals surface area contributed by atoms with E-state index in [0.29, 0.717) is 10.8 Å². The molecule has 1 amide bonds. The SMILES string of the molecule is CC(C)n1nc(C(=O)Nc2ccc3c(c2)Cc2ccccc2-3)c2ccccc2c1=O. The lowest BCUT2D eigenvalue weighted by Gasteiger charge is -2.14. The van der Waals surface area contributed by atoms with Crippen LogP contribution >= 0.6 is 0 Å². The van der Waals surface area contributed by atoms with Gasteiger partial charge < -0.3 is 5.32 Å². The average Bonchev–Trinajstić information content (AvgIpc) is 3.11. The zero-order valence-corrected chi connectivity index (χ0v) is 16.8. The van der Waals surface area contributed by atoms with E-state index in [1.54, 1.807) is 18.2 Å². The molecule has 148 valence electrons. The zero-order valence-electron chi connectivity index (χ0n) is 16.8.